The highest BCUT2D eigenvalue weighted by Gasteiger charge is 2.00. The van der Waals surface area contributed by atoms with E-state index in [1.54, 1.807) is 6.08 Å². The number of hydrogen-bond donors (Lipinski definition) is 0. The molecule has 0 spiro atoms. The Morgan fingerprint density at radius 2 is 2.00 bits per heavy atom. The van der Waals surface area contributed by atoms with Gasteiger partial charge >= 0.3 is 0 Å². The summed E-state index contributed by atoms with van der Waals surface area (Å²) >= 11 is 0. The fourth-order valence-corrected chi connectivity index (χ4v) is 1.16. The maximum atomic E-state index is 10.6. The number of benzene rings is 1. The third-order valence-electron chi connectivity index (χ3n) is 2.09. The van der Waals surface area contributed by atoms with Crippen LogP contribution in [0.3, 0.4) is 0 Å². The maximum absolute atomic E-state index is 10.6. The Kier molecular flexibility index (Phi) is 2.44. The Bertz CT molecular complexity index is 324. The largest absolute Gasteiger partial charge is 0.298 e. The van der Waals surface area contributed by atoms with Gasteiger partial charge in [-0.2, -0.15) is 0 Å². The van der Waals surface area contributed by atoms with Gasteiger partial charge in [-0.1, -0.05) is 18.7 Å². The summed E-state index contributed by atoms with van der Waals surface area (Å²) in [6.45, 7) is 7.61. The molecule has 0 amide bonds. The van der Waals surface area contributed by atoms with Crippen molar-refractivity contribution in [2.45, 2.75) is 13.8 Å². The molecule has 1 aromatic carbocycles. The van der Waals surface area contributed by atoms with E-state index < -0.39 is 0 Å². The fourth-order valence-electron chi connectivity index (χ4n) is 1.16. The summed E-state index contributed by atoms with van der Waals surface area (Å²) in [4.78, 5) is 10.6. The van der Waals surface area contributed by atoms with Crippen LogP contribution in [0.1, 0.15) is 27.0 Å². The molecule has 1 rings (SSSR count). The van der Waals surface area contributed by atoms with Gasteiger partial charge in [0.15, 0.2) is 0 Å². The standard InChI is InChI=1S/C11H12O/c1-4-10-5-8(2)9(3)11(6-10)7-12/h4-7H,1H2,2-3H3. The third-order valence-corrected chi connectivity index (χ3v) is 2.09. The van der Waals surface area contributed by atoms with Gasteiger partial charge in [0.2, 0.25) is 0 Å². The minimum absolute atomic E-state index is 0.755. The van der Waals surface area contributed by atoms with Crippen molar-refractivity contribution < 1.29 is 4.79 Å². The van der Waals surface area contributed by atoms with Crippen LogP contribution in [0.4, 0.5) is 0 Å². The summed E-state index contributed by atoms with van der Waals surface area (Å²) in [5, 5.41) is 0. The molecule has 0 fully saturated rings. The van der Waals surface area contributed by atoms with Gasteiger partial charge in [-0.25, -0.2) is 0 Å². The molecular formula is C11H12O. The summed E-state index contributed by atoms with van der Waals surface area (Å²) in [5.74, 6) is 0. The Labute approximate surface area is 72.7 Å². The number of carbonyl (C=O) groups excluding carboxylic acids is 1. The van der Waals surface area contributed by atoms with E-state index in [-0.39, 0.29) is 0 Å². The summed E-state index contributed by atoms with van der Waals surface area (Å²) in [6, 6.07) is 3.87. The Morgan fingerprint density at radius 3 is 2.50 bits per heavy atom. The zero-order valence-electron chi connectivity index (χ0n) is 7.42. The topological polar surface area (TPSA) is 17.1 Å². The summed E-state index contributed by atoms with van der Waals surface area (Å²) in [6.07, 6.45) is 2.63. The molecule has 0 unspecified atom stereocenters. The maximum Gasteiger partial charge on any atom is 0.150 e. The third kappa shape index (κ3) is 1.45. The van der Waals surface area contributed by atoms with Gasteiger partial charge in [0.1, 0.15) is 6.29 Å². The smallest absolute Gasteiger partial charge is 0.150 e. The van der Waals surface area contributed by atoms with Gasteiger partial charge in [0.05, 0.1) is 0 Å². The van der Waals surface area contributed by atoms with Crippen molar-refractivity contribution >= 4 is 12.4 Å². The molecule has 0 aromatic heterocycles. The average molecular weight is 160 g/mol. The van der Waals surface area contributed by atoms with Crippen LogP contribution in [0, 0.1) is 13.8 Å². The monoisotopic (exact) mass is 160 g/mol. The van der Waals surface area contributed by atoms with Crippen molar-refractivity contribution in [3.05, 3.63) is 41.0 Å². The molecule has 1 heteroatoms. The van der Waals surface area contributed by atoms with Crippen molar-refractivity contribution in [3.8, 4) is 0 Å². The van der Waals surface area contributed by atoms with Crippen molar-refractivity contribution in [1.82, 2.24) is 0 Å². The minimum Gasteiger partial charge on any atom is -0.298 e. The lowest BCUT2D eigenvalue weighted by atomic mass is 10.0. The first-order chi connectivity index (χ1) is 5.69. The molecule has 0 saturated carbocycles. The first-order valence-electron chi connectivity index (χ1n) is 3.88. The quantitative estimate of drug-likeness (QED) is 0.608. The second kappa shape index (κ2) is 3.35. The van der Waals surface area contributed by atoms with E-state index in [0.29, 0.717) is 0 Å². The van der Waals surface area contributed by atoms with E-state index in [1.807, 2.05) is 26.0 Å². The zero-order valence-corrected chi connectivity index (χ0v) is 7.42. The fraction of sp³-hybridized carbons (Fsp3) is 0.182. The molecule has 1 nitrogen and oxygen atoms in total. The van der Waals surface area contributed by atoms with E-state index >= 15 is 0 Å². The Balaban J connectivity index is 3.37. The first-order valence-corrected chi connectivity index (χ1v) is 3.88. The normalized spacial score (nSPS) is 9.50. The molecular weight excluding hydrogens is 148 g/mol. The molecule has 1 aromatic rings. The molecule has 0 aliphatic rings. The van der Waals surface area contributed by atoms with Crippen LogP contribution in [-0.2, 0) is 0 Å². The highest BCUT2D eigenvalue weighted by Crippen LogP contribution is 2.15. The molecule has 0 radical (unpaired) electrons. The predicted octanol–water partition coefficient (Wildman–Crippen LogP) is 2.76. The van der Waals surface area contributed by atoms with Crippen LogP contribution >= 0.6 is 0 Å². The molecule has 0 aliphatic carbocycles. The van der Waals surface area contributed by atoms with Crippen LogP contribution in [0.25, 0.3) is 6.08 Å². The van der Waals surface area contributed by atoms with Crippen LogP contribution in [-0.4, -0.2) is 6.29 Å². The molecule has 62 valence electrons. The van der Waals surface area contributed by atoms with Gasteiger partial charge in [-0.3, -0.25) is 4.79 Å². The molecule has 0 N–H and O–H groups in total. The van der Waals surface area contributed by atoms with Crippen LogP contribution < -0.4 is 0 Å². The van der Waals surface area contributed by atoms with Crippen LogP contribution in [0.5, 0.6) is 0 Å². The lowest BCUT2D eigenvalue weighted by Gasteiger charge is -2.04. The van der Waals surface area contributed by atoms with Gasteiger partial charge in [-0.05, 0) is 36.6 Å². The van der Waals surface area contributed by atoms with Crippen LogP contribution in [0.15, 0.2) is 18.7 Å². The lowest BCUT2D eigenvalue weighted by molar-refractivity contribution is 0.112. The molecule has 0 atom stereocenters. The van der Waals surface area contributed by atoms with Crippen molar-refractivity contribution in [3.63, 3.8) is 0 Å². The number of rotatable bonds is 2. The van der Waals surface area contributed by atoms with Crippen molar-refractivity contribution in [2.24, 2.45) is 0 Å². The van der Waals surface area contributed by atoms with Crippen LogP contribution in [0.2, 0.25) is 0 Å². The van der Waals surface area contributed by atoms with Crippen molar-refractivity contribution in [2.75, 3.05) is 0 Å². The van der Waals surface area contributed by atoms with Gasteiger partial charge < -0.3 is 0 Å². The average Bonchev–Trinajstić information content (AvgIpc) is 2.09. The highest BCUT2D eigenvalue weighted by molar-refractivity contribution is 5.79. The number of aldehydes is 1. The van der Waals surface area contributed by atoms with E-state index in [9.17, 15) is 4.79 Å². The molecule has 0 aliphatic heterocycles. The second-order valence-electron chi connectivity index (χ2n) is 2.87. The van der Waals surface area contributed by atoms with Gasteiger partial charge in [0.25, 0.3) is 0 Å². The lowest BCUT2D eigenvalue weighted by Crippen LogP contribution is -1.91. The van der Waals surface area contributed by atoms with E-state index in [0.717, 1.165) is 28.5 Å². The summed E-state index contributed by atoms with van der Waals surface area (Å²) < 4.78 is 0. The number of hydrogen-bond acceptors (Lipinski definition) is 1. The SMILES string of the molecule is C=Cc1cc(C)c(C)c(C=O)c1. The van der Waals surface area contributed by atoms with Crippen molar-refractivity contribution in [1.29, 1.82) is 0 Å². The molecule has 0 bridgehead atoms. The number of carbonyl (C=O) groups is 1. The summed E-state index contributed by atoms with van der Waals surface area (Å²) in [5.41, 5.74) is 3.94. The van der Waals surface area contributed by atoms with Gasteiger partial charge in [0, 0.05) is 5.56 Å². The molecule has 12 heavy (non-hydrogen) atoms. The summed E-state index contributed by atoms with van der Waals surface area (Å²) in [7, 11) is 0. The predicted molar refractivity (Wildman–Crippen MR) is 51.4 cm³/mol. The highest BCUT2D eigenvalue weighted by atomic mass is 16.1. The Morgan fingerprint density at radius 1 is 1.33 bits per heavy atom. The first kappa shape index (κ1) is 8.72. The van der Waals surface area contributed by atoms with E-state index in [1.165, 1.54) is 0 Å². The van der Waals surface area contributed by atoms with E-state index in [4.69, 9.17) is 0 Å². The number of aryl methyl sites for hydroxylation is 1. The Hall–Kier alpha value is -1.37. The minimum atomic E-state index is 0.755. The van der Waals surface area contributed by atoms with Gasteiger partial charge in [-0.15, -0.1) is 0 Å². The molecule has 0 heterocycles. The second-order valence-corrected chi connectivity index (χ2v) is 2.87. The van der Waals surface area contributed by atoms with E-state index in [2.05, 4.69) is 6.58 Å². The molecule has 0 saturated heterocycles. The zero-order chi connectivity index (χ0) is 9.14.